The third kappa shape index (κ3) is 4.51. The molecule has 1 saturated heterocycles. The van der Waals surface area contributed by atoms with Crippen LogP contribution in [0.2, 0.25) is 0 Å². The summed E-state index contributed by atoms with van der Waals surface area (Å²) >= 11 is 0. The number of hydrogen-bond acceptors (Lipinski definition) is 4. The summed E-state index contributed by atoms with van der Waals surface area (Å²) in [4.78, 5) is 28.7. The Morgan fingerprint density at radius 3 is 2.46 bits per heavy atom. The van der Waals surface area contributed by atoms with Gasteiger partial charge in [-0.25, -0.2) is 4.79 Å². The van der Waals surface area contributed by atoms with Crippen LogP contribution in [0.25, 0.3) is 0 Å². The van der Waals surface area contributed by atoms with E-state index in [4.69, 9.17) is 9.47 Å². The second kappa shape index (κ2) is 8.71. The van der Waals surface area contributed by atoms with Gasteiger partial charge < -0.3 is 24.6 Å². The maximum absolute atomic E-state index is 12.5. The van der Waals surface area contributed by atoms with Crippen LogP contribution in [0.5, 0.6) is 11.5 Å². The molecule has 0 aromatic heterocycles. The minimum absolute atomic E-state index is 0.0272. The summed E-state index contributed by atoms with van der Waals surface area (Å²) in [7, 11) is 0. The van der Waals surface area contributed by atoms with Crippen LogP contribution in [0.3, 0.4) is 0 Å². The monoisotopic (exact) mass is 387 g/mol. The average Bonchev–Trinajstić information content (AvgIpc) is 3.21. The minimum Gasteiger partial charge on any atom is -0.454 e. The molecule has 1 aliphatic carbocycles. The van der Waals surface area contributed by atoms with Gasteiger partial charge in [-0.2, -0.15) is 0 Å². The second-order valence-electron chi connectivity index (χ2n) is 7.84. The molecule has 3 aliphatic rings. The number of urea groups is 1. The SMILES string of the molecule is O=C(CCc1ccc2c(c1)OCO2)N1CCN(C(=O)NC2CCCCC2)CC1. The summed E-state index contributed by atoms with van der Waals surface area (Å²) in [5, 5.41) is 3.16. The van der Waals surface area contributed by atoms with Crippen molar-refractivity contribution in [1.82, 2.24) is 15.1 Å². The number of rotatable bonds is 4. The van der Waals surface area contributed by atoms with Gasteiger partial charge in [-0.1, -0.05) is 25.3 Å². The molecule has 152 valence electrons. The molecule has 0 radical (unpaired) electrons. The molecule has 0 unspecified atom stereocenters. The van der Waals surface area contributed by atoms with Crippen molar-refractivity contribution in [2.45, 2.75) is 51.0 Å². The summed E-state index contributed by atoms with van der Waals surface area (Å²) in [6.45, 7) is 2.69. The van der Waals surface area contributed by atoms with Gasteiger partial charge in [0.1, 0.15) is 0 Å². The highest BCUT2D eigenvalue weighted by Crippen LogP contribution is 2.32. The van der Waals surface area contributed by atoms with Gasteiger partial charge in [0.05, 0.1) is 0 Å². The third-order valence-corrected chi connectivity index (χ3v) is 5.92. The molecule has 0 spiro atoms. The molecule has 7 heteroatoms. The molecule has 2 fully saturated rings. The molecule has 1 aromatic rings. The van der Waals surface area contributed by atoms with Crippen LogP contribution in [0.1, 0.15) is 44.1 Å². The molecule has 1 saturated carbocycles. The summed E-state index contributed by atoms with van der Waals surface area (Å²) in [6, 6.07) is 6.17. The van der Waals surface area contributed by atoms with Crippen LogP contribution in [-0.2, 0) is 11.2 Å². The van der Waals surface area contributed by atoms with E-state index in [0.717, 1.165) is 29.9 Å². The van der Waals surface area contributed by atoms with Crippen LogP contribution >= 0.6 is 0 Å². The molecule has 3 amide bonds. The molecule has 7 nitrogen and oxygen atoms in total. The predicted octanol–water partition coefficient (Wildman–Crippen LogP) is 2.53. The highest BCUT2D eigenvalue weighted by atomic mass is 16.7. The number of fused-ring (bicyclic) bond motifs is 1. The van der Waals surface area contributed by atoms with E-state index >= 15 is 0 Å². The number of carbonyl (C=O) groups is 2. The molecular formula is C21H29N3O4. The first kappa shape index (κ1) is 18.9. The van der Waals surface area contributed by atoms with E-state index < -0.39 is 0 Å². The van der Waals surface area contributed by atoms with Crippen molar-refractivity contribution in [1.29, 1.82) is 0 Å². The first-order valence-electron chi connectivity index (χ1n) is 10.4. The Balaban J connectivity index is 1.20. The lowest BCUT2D eigenvalue weighted by Crippen LogP contribution is -2.54. The van der Waals surface area contributed by atoms with Gasteiger partial charge >= 0.3 is 6.03 Å². The summed E-state index contributed by atoms with van der Waals surface area (Å²) in [5.41, 5.74) is 1.07. The zero-order valence-corrected chi connectivity index (χ0v) is 16.3. The number of nitrogens with one attached hydrogen (secondary N) is 1. The van der Waals surface area contributed by atoms with Crippen molar-refractivity contribution in [3.63, 3.8) is 0 Å². The average molecular weight is 387 g/mol. The molecule has 28 heavy (non-hydrogen) atoms. The van der Waals surface area contributed by atoms with Gasteiger partial charge in [0.25, 0.3) is 0 Å². The number of nitrogens with zero attached hydrogens (tertiary/aromatic N) is 2. The van der Waals surface area contributed by atoms with Crippen molar-refractivity contribution >= 4 is 11.9 Å². The first-order chi connectivity index (χ1) is 13.7. The van der Waals surface area contributed by atoms with E-state index in [1.807, 2.05) is 28.0 Å². The molecular weight excluding hydrogens is 358 g/mol. The lowest BCUT2D eigenvalue weighted by atomic mass is 9.96. The Morgan fingerprint density at radius 2 is 1.68 bits per heavy atom. The molecule has 2 heterocycles. The van der Waals surface area contributed by atoms with E-state index in [9.17, 15) is 9.59 Å². The molecule has 1 N–H and O–H groups in total. The van der Waals surface area contributed by atoms with E-state index in [-0.39, 0.29) is 18.7 Å². The molecule has 2 aliphatic heterocycles. The van der Waals surface area contributed by atoms with Crippen LogP contribution in [0, 0.1) is 0 Å². The van der Waals surface area contributed by atoms with Crippen LogP contribution < -0.4 is 14.8 Å². The fraction of sp³-hybridized carbons (Fsp3) is 0.619. The van der Waals surface area contributed by atoms with E-state index in [0.29, 0.717) is 45.1 Å². The second-order valence-corrected chi connectivity index (χ2v) is 7.84. The van der Waals surface area contributed by atoms with Crippen LogP contribution in [-0.4, -0.2) is 60.8 Å². The van der Waals surface area contributed by atoms with E-state index in [2.05, 4.69) is 5.32 Å². The van der Waals surface area contributed by atoms with Crippen molar-refractivity contribution in [3.8, 4) is 11.5 Å². The molecule has 0 atom stereocenters. The van der Waals surface area contributed by atoms with Gasteiger partial charge in [0.2, 0.25) is 12.7 Å². The maximum Gasteiger partial charge on any atom is 0.317 e. The zero-order chi connectivity index (χ0) is 19.3. The van der Waals surface area contributed by atoms with Crippen molar-refractivity contribution in [2.75, 3.05) is 33.0 Å². The standard InChI is InChI=1S/C21H29N3O4/c25-20(9-7-16-6-8-18-19(14-16)28-15-27-18)23-10-12-24(13-11-23)21(26)22-17-4-2-1-3-5-17/h6,8,14,17H,1-5,7,9-13,15H2,(H,22,26). The quantitative estimate of drug-likeness (QED) is 0.862. The highest BCUT2D eigenvalue weighted by molar-refractivity contribution is 5.78. The Morgan fingerprint density at radius 1 is 0.964 bits per heavy atom. The number of benzene rings is 1. The van der Waals surface area contributed by atoms with Crippen LogP contribution in [0.4, 0.5) is 4.79 Å². The van der Waals surface area contributed by atoms with Crippen molar-refractivity contribution in [3.05, 3.63) is 23.8 Å². The minimum atomic E-state index is 0.0272. The number of aryl methyl sites for hydroxylation is 1. The Hall–Kier alpha value is -2.44. The topological polar surface area (TPSA) is 71.1 Å². The smallest absolute Gasteiger partial charge is 0.317 e. The van der Waals surface area contributed by atoms with Crippen molar-refractivity contribution in [2.24, 2.45) is 0 Å². The molecule has 1 aromatic carbocycles. The highest BCUT2D eigenvalue weighted by Gasteiger charge is 2.26. The number of hydrogen-bond donors (Lipinski definition) is 1. The fourth-order valence-corrected chi connectivity index (χ4v) is 4.18. The Labute approximate surface area is 166 Å². The predicted molar refractivity (Wildman–Crippen MR) is 104 cm³/mol. The van der Waals surface area contributed by atoms with E-state index in [1.165, 1.54) is 19.3 Å². The Bertz CT molecular complexity index is 710. The third-order valence-electron chi connectivity index (χ3n) is 5.92. The van der Waals surface area contributed by atoms with Gasteiger partial charge in [0, 0.05) is 38.6 Å². The number of carbonyl (C=O) groups excluding carboxylic acids is 2. The van der Waals surface area contributed by atoms with Gasteiger partial charge in [0.15, 0.2) is 11.5 Å². The lowest BCUT2D eigenvalue weighted by Gasteiger charge is -2.36. The first-order valence-corrected chi connectivity index (χ1v) is 10.4. The Kier molecular flexibility index (Phi) is 5.88. The maximum atomic E-state index is 12.5. The molecule has 0 bridgehead atoms. The zero-order valence-electron chi connectivity index (χ0n) is 16.3. The molecule has 4 rings (SSSR count). The normalized spacial score (nSPS) is 19.6. The number of piperazine rings is 1. The van der Waals surface area contributed by atoms with Gasteiger partial charge in [-0.15, -0.1) is 0 Å². The number of ether oxygens (including phenoxy) is 2. The lowest BCUT2D eigenvalue weighted by molar-refractivity contribution is -0.132. The van der Waals surface area contributed by atoms with Gasteiger partial charge in [-0.05, 0) is 37.0 Å². The van der Waals surface area contributed by atoms with Crippen LogP contribution in [0.15, 0.2) is 18.2 Å². The summed E-state index contributed by atoms with van der Waals surface area (Å²) < 4.78 is 10.7. The fourth-order valence-electron chi connectivity index (χ4n) is 4.18. The summed E-state index contributed by atoms with van der Waals surface area (Å²) in [5.74, 6) is 1.66. The number of amides is 3. The van der Waals surface area contributed by atoms with E-state index in [1.54, 1.807) is 0 Å². The van der Waals surface area contributed by atoms with Crippen molar-refractivity contribution < 1.29 is 19.1 Å². The van der Waals surface area contributed by atoms with Gasteiger partial charge in [-0.3, -0.25) is 4.79 Å². The summed E-state index contributed by atoms with van der Waals surface area (Å²) in [6.07, 6.45) is 7.01. The largest absolute Gasteiger partial charge is 0.454 e.